The summed E-state index contributed by atoms with van der Waals surface area (Å²) in [5.41, 5.74) is 1.41. The molecule has 0 aliphatic carbocycles. The Labute approximate surface area is 99.7 Å². The molecule has 1 aliphatic rings. The molecule has 1 fully saturated rings. The minimum Gasteiger partial charge on any atom is -0.324 e. The van der Waals surface area contributed by atoms with Gasteiger partial charge < -0.3 is 9.88 Å². The van der Waals surface area contributed by atoms with Crippen molar-refractivity contribution in [1.29, 1.82) is 0 Å². The lowest BCUT2D eigenvalue weighted by molar-refractivity contribution is 0.373. The van der Waals surface area contributed by atoms with Crippen LogP contribution < -0.4 is 5.32 Å². The first kappa shape index (κ1) is 10.7. The summed E-state index contributed by atoms with van der Waals surface area (Å²) in [6.07, 6.45) is 2.30. The summed E-state index contributed by atoms with van der Waals surface area (Å²) in [4.78, 5) is 4.35. The Morgan fingerprint density at radius 3 is 3.12 bits per heavy atom. The largest absolute Gasteiger partial charge is 0.324 e. The SMILES string of the molecule is Cc1nc2c(F)cccc2n1C1CCCNC1. The summed E-state index contributed by atoms with van der Waals surface area (Å²) < 4.78 is 15.8. The van der Waals surface area contributed by atoms with Crippen LogP contribution in [0.15, 0.2) is 18.2 Å². The van der Waals surface area contributed by atoms with Crippen LogP contribution in [0.3, 0.4) is 0 Å². The van der Waals surface area contributed by atoms with Gasteiger partial charge in [0.25, 0.3) is 0 Å². The average molecular weight is 233 g/mol. The maximum Gasteiger partial charge on any atom is 0.151 e. The van der Waals surface area contributed by atoms with Gasteiger partial charge in [0.1, 0.15) is 11.3 Å². The van der Waals surface area contributed by atoms with Gasteiger partial charge in [-0.1, -0.05) is 6.07 Å². The van der Waals surface area contributed by atoms with Gasteiger partial charge in [-0.2, -0.15) is 0 Å². The topological polar surface area (TPSA) is 29.9 Å². The van der Waals surface area contributed by atoms with Crippen LogP contribution in [0.4, 0.5) is 4.39 Å². The Bertz CT molecular complexity index is 541. The van der Waals surface area contributed by atoms with Crippen LogP contribution in [-0.2, 0) is 0 Å². The zero-order valence-electron chi connectivity index (χ0n) is 9.91. The number of fused-ring (bicyclic) bond motifs is 1. The fourth-order valence-electron chi connectivity index (χ4n) is 2.71. The maximum atomic E-state index is 13.7. The lowest BCUT2D eigenvalue weighted by Crippen LogP contribution is -2.32. The Kier molecular flexibility index (Phi) is 2.59. The van der Waals surface area contributed by atoms with Crippen molar-refractivity contribution < 1.29 is 4.39 Å². The van der Waals surface area contributed by atoms with Gasteiger partial charge in [0.2, 0.25) is 0 Å². The van der Waals surface area contributed by atoms with Crippen LogP contribution in [0.1, 0.15) is 24.7 Å². The number of hydrogen-bond acceptors (Lipinski definition) is 2. The molecular weight excluding hydrogens is 217 g/mol. The van der Waals surface area contributed by atoms with E-state index in [4.69, 9.17) is 0 Å². The van der Waals surface area contributed by atoms with E-state index in [9.17, 15) is 4.39 Å². The molecule has 2 aromatic rings. The molecule has 1 aromatic carbocycles. The smallest absolute Gasteiger partial charge is 0.151 e. The molecule has 0 saturated carbocycles. The molecular formula is C13H16FN3. The molecule has 0 amide bonds. The normalized spacial score (nSPS) is 20.9. The third kappa shape index (κ3) is 1.72. The van der Waals surface area contributed by atoms with E-state index >= 15 is 0 Å². The van der Waals surface area contributed by atoms with E-state index in [-0.39, 0.29) is 5.82 Å². The Balaban J connectivity index is 2.14. The molecule has 4 heteroatoms. The van der Waals surface area contributed by atoms with Crippen LogP contribution in [0.25, 0.3) is 11.0 Å². The number of benzene rings is 1. The van der Waals surface area contributed by atoms with Crippen molar-refractivity contribution in [2.24, 2.45) is 0 Å². The number of rotatable bonds is 1. The van der Waals surface area contributed by atoms with E-state index in [2.05, 4.69) is 14.9 Å². The lowest BCUT2D eigenvalue weighted by atomic mass is 10.1. The second-order valence-electron chi connectivity index (χ2n) is 4.64. The molecule has 1 atom stereocenters. The van der Waals surface area contributed by atoms with Crippen molar-refractivity contribution in [3.8, 4) is 0 Å². The van der Waals surface area contributed by atoms with E-state index in [0.717, 1.165) is 30.9 Å². The highest BCUT2D eigenvalue weighted by atomic mass is 19.1. The molecule has 1 N–H and O–H groups in total. The molecule has 1 saturated heterocycles. The summed E-state index contributed by atoms with van der Waals surface area (Å²) in [6.45, 7) is 3.98. The number of nitrogens with one attached hydrogen (secondary N) is 1. The van der Waals surface area contributed by atoms with E-state index in [1.165, 1.54) is 12.5 Å². The van der Waals surface area contributed by atoms with Crippen LogP contribution in [0.5, 0.6) is 0 Å². The first-order chi connectivity index (χ1) is 8.27. The Morgan fingerprint density at radius 1 is 1.47 bits per heavy atom. The fraction of sp³-hybridized carbons (Fsp3) is 0.462. The van der Waals surface area contributed by atoms with Gasteiger partial charge in [-0.25, -0.2) is 9.37 Å². The van der Waals surface area contributed by atoms with Gasteiger partial charge in [-0.3, -0.25) is 0 Å². The summed E-state index contributed by atoms with van der Waals surface area (Å²) in [6, 6.07) is 5.58. The standard InChI is InChI=1S/C13H16FN3/c1-9-16-13-11(14)5-2-6-12(13)17(9)10-4-3-7-15-8-10/h2,5-6,10,15H,3-4,7-8H2,1H3. The van der Waals surface area contributed by atoms with Gasteiger partial charge in [0, 0.05) is 12.6 Å². The van der Waals surface area contributed by atoms with Crippen molar-refractivity contribution in [2.45, 2.75) is 25.8 Å². The maximum absolute atomic E-state index is 13.7. The highest BCUT2D eigenvalue weighted by molar-refractivity contribution is 5.76. The summed E-state index contributed by atoms with van der Waals surface area (Å²) in [5, 5.41) is 3.39. The number of aromatic nitrogens is 2. The first-order valence-corrected chi connectivity index (χ1v) is 6.11. The molecule has 2 heterocycles. The van der Waals surface area contributed by atoms with E-state index in [1.54, 1.807) is 6.07 Å². The minimum absolute atomic E-state index is 0.229. The molecule has 17 heavy (non-hydrogen) atoms. The molecule has 0 radical (unpaired) electrons. The fourth-order valence-corrected chi connectivity index (χ4v) is 2.71. The lowest BCUT2D eigenvalue weighted by Gasteiger charge is -2.25. The van der Waals surface area contributed by atoms with E-state index < -0.39 is 0 Å². The van der Waals surface area contributed by atoms with Crippen LogP contribution in [0, 0.1) is 12.7 Å². The van der Waals surface area contributed by atoms with Gasteiger partial charge in [-0.15, -0.1) is 0 Å². The quantitative estimate of drug-likeness (QED) is 0.819. The third-order valence-corrected chi connectivity index (χ3v) is 3.48. The number of halogens is 1. The summed E-state index contributed by atoms with van der Waals surface area (Å²) in [5.74, 6) is 0.673. The monoisotopic (exact) mass is 233 g/mol. The predicted octanol–water partition coefficient (Wildman–Crippen LogP) is 2.41. The molecule has 3 rings (SSSR count). The summed E-state index contributed by atoms with van der Waals surface area (Å²) >= 11 is 0. The molecule has 1 aromatic heterocycles. The van der Waals surface area contributed by atoms with Gasteiger partial charge >= 0.3 is 0 Å². The average Bonchev–Trinajstić information content (AvgIpc) is 2.68. The molecule has 0 spiro atoms. The number of hydrogen-bond donors (Lipinski definition) is 1. The summed E-state index contributed by atoms with van der Waals surface area (Å²) in [7, 11) is 0. The van der Waals surface area contributed by atoms with Gasteiger partial charge in [0.15, 0.2) is 5.82 Å². The van der Waals surface area contributed by atoms with Crippen molar-refractivity contribution in [2.75, 3.05) is 13.1 Å². The Morgan fingerprint density at radius 2 is 2.35 bits per heavy atom. The second kappa shape index (κ2) is 4.11. The van der Waals surface area contributed by atoms with E-state index in [1.807, 2.05) is 13.0 Å². The third-order valence-electron chi connectivity index (χ3n) is 3.48. The van der Waals surface area contributed by atoms with Crippen molar-refractivity contribution in [3.05, 3.63) is 29.8 Å². The van der Waals surface area contributed by atoms with Crippen molar-refractivity contribution in [3.63, 3.8) is 0 Å². The minimum atomic E-state index is -0.229. The molecule has 1 aliphatic heterocycles. The van der Waals surface area contributed by atoms with Gasteiger partial charge in [-0.05, 0) is 38.4 Å². The van der Waals surface area contributed by atoms with Crippen LogP contribution in [-0.4, -0.2) is 22.6 Å². The number of imidazole rings is 1. The number of nitrogens with zero attached hydrogens (tertiary/aromatic N) is 2. The predicted molar refractivity (Wildman–Crippen MR) is 65.6 cm³/mol. The van der Waals surface area contributed by atoms with Crippen molar-refractivity contribution >= 4 is 11.0 Å². The molecule has 1 unspecified atom stereocenters. The number of aryl methyl sites for hydroxylation is 1. The van der Waals surface area contributed by atoms with Crippen molar-refractivity contribution in [1.82, 2.24) is 14.9 Å². The highest BCUT2D eigenvalue weighted by Crippen LogP contribution is 2.26. The molecule has 3 nitrogen and oxygen atoms in total. The van der Waals surface area contributed by atoms with Crippen LogP contribution in [0.2, 0.25) is 0 Å². The number of para-hydroxylation sites is 1. The molecule has 0 bridgehead atoms. The van der Waals surface area contributed by atoms with E-state index in [0.29, 0.717) is 11.6 Å². The first-order valence-electron chi connectivity index (χ1n) is 6.11. The van der Waals surface area contributed by atoms with Crippen LogP contribution >= 0.6 is 0 Å². The zero-order chi connectivity index (χ0) is 11.8. The highest BCUT2D eigenvalue weighted by Gasteiger charge is 2.20. The van der Waals surface area contributed by atoms with Gasteiger partial charge in [0.05, 0.1) is 5.52 Å². The molecule has 90 valence electrons. The zero-order valence-corrected chi connectivity index (χ0v) is 9.91. The Hall–Kier alpha value is -1.42. The number of piperidine rings is 1. The second-order valence-corrected chi connectivity index (χ2v) is 4.64.